The minimum atomic E-state index is -0.424. The van der Waals surface area contributed by atoms with Crippen molar-refractivity contribution in [1.29, 1.82) is 0 Å². The van der Waals surface area contributed by atoms with Gasteiger partial charge in [-0.1, -0.05) is 13.8 Å². The molecule has 0 atom stereocenters. The number of thiazole rings is 1. The summed E-state index contributed by atoms with van der Waals surface area (Å²) in [6.07, 6.45) is 1.53. The van der Waals surface area contributed by atoms with Gasteiger partial charge in [0.25, 0.3) is 0 Å². The fourth-order valence-electron chi connectivity index (χ4n) is 1.78. The van der Waals surface area contributed by atoms with Gasteiger partial charge in [0, 0.05) is 17.6 Å². The van der Waals surface area contributed by atoms with E-state index in [1.54, 1.807) is 11.3 Å². The van der Waals surface area contributed by atoms with Gasteiger partial charge in [-0.3, -0.25) is 4.79 Å². The van der Waals surface area contributed by atoms with Crippen molar-refractivity contribution in [3.63, 3.8) is 0 Å². The molecule has 0 fully saturated rings. The summed E-state index contributed by atoms with van der Waals surface area (Å²) in [6.45, 7) is 6.85. The molecule has 0 radical (unpaired) electrons. The third-order valence-electron chi connectivity index (χ3n) is 3.29. The maximum Gasteiger partial charge on any atom is 0.227 e. The van der Waals surface area contributed by atoms with E-state index in [2.05, 4.69) is 10.3 Å². The Morgan fingerprint density at radius 1 is 1.53 bits per heavy atom. The lowest BCUT2D eigenvalue weighted by Crippen LogP contribution is -2.45. The number of carbonyl (C=O) groups is 1. The largest absolute Gasteiger partial charge is 0.349 e. The van der Waals surface area contributed by atoms with Crippen molar-refractivity contribution in [2.24, 2.45) is 11.1 Å². The molecule has 1 heterocycles. The topological polar surface area (TPSA) is 68.0 Å². The molecular formula is C12H21N3OS. The fourth-order valence-corrected chi connectivity index (χ4v) is 2.49. The number of rotatable bonds is 6. The van der Waals surface area contributed by atoms with Crippen LogP contribution in [0, 0.1) is 12.3 Å². The normalized spacial score (nSPS) is 11.5. The highest BCUT2D eigenvalue weighted by Gasteiger charge is 2.32. The van der Waals surface area contributed by atoms with E-state index in [0.717, 1.165) is 23.5 Å². The summed E-state index contributed by atoms with van der Waals surface area (Å²) >= 11 is 1.57. The number of hydrogen-bond acceptors (Lipinski definition) is 4. The molecule has 1 aromatic heterocycles. The van der Waals surface area contributed by atoms with Gasteiger partial charge in [-0.05, 0) is 19.8 Å². The van der Waals surface area contributed by atoms with Crippen LogP contribution in [-0.2, 0) is 11.3 Å². The number of nitrogens with one attached hydrogen (secondary N) is 1. The van der Waals surface area contributed by atoms with Crippen LogP contribution in [0.1, 0.15) is 37.4 Å². The predicted octanol–water partition coefficient (Wildman–Crippen LogP) is 1.83. The minimum absolute atomic E-state index is 0.0397. The zero-order valence-electron chi connectivity index (χ0n) is 10.7. The molecule has 0 aliphatic rings. The first-order valence-corrected chi connectivity index (χ1v) is 6.85. The van der Waals surface area contributed by atoms with Crippen molar-refractivity contribution >= 4 is 17.2 Å². The molecular weight excluding hydrogens is 234 g/mol. The van der Waals surface area contributed by atoms with E-state index in [9.17, 15) is 4.79 Å². The third kappa shape index (κ3) is 3.26. The van der Waals surface area contributed by atoms with Crippen molar-refractivity contribution in [3.8, 4) is 0 Å². The van der Waals surface area contributed by atoms with E-state index in [-0.39, 0.29) is 5.91 Å². The molecule has 0 spiro atoms. The molecule has 1 aromatic rings. The zero-order chi connectivity index (χ0) is 12.9. The summed E-state index contributed by atoms with van der Waals surface area (Å²) in [4.78, 5) is 16.4. The van der Waals surface area contributed by atoms with Gasteiger partial charge >= 0.3 is 0 Å². The van der Waals surface area contributed by atoms with Crippen LogP contribution in [0.5, 0.6) is 0 Å². The molecule has 0 saturated heterocycles. The van der Waals surface area contributed by atoms with Crippen molar-refractivity contribution in [1.82, 2.24) is 10.3 Å². The summed E-state index contributed by atoms with van der Waals surface area (Å²) in [5.74, 6) is 0.0397. The van der Waals surface area contributed by atoms with E-state index in [1.807, 2.05) is 26.2 Å². The van der Waals surface area contributed by atoms with Crippen LogP contribution in [0.25, 0.3) is 0 Å². The van der Waals surface area contributed by atoms with Gasteiger partial charge in [-0.25, -0.2) is 4.98 Å². The van der Waals surface area contributed by atoms with Crippen molar-refractivity contribution in [2.45, 2.75) is 40.2 Å². The van der Waals surface area contributed by atoms with Gasteiger partial charge in [0.15, 0.2) is 0 Å². The molecule has 96 valence electrons. The van der Waals surface area contributed by atoms with E-state index in [1.165, 1.54) is 0 Å². The van der Waals surface area contributed by atoms with E-state index in [4.69, 9.17) is 5.73 Å². The van der Waals surface area contributed by atoms with E-state index in [0.29, 0.717) is 13.1 Å². The van der Waals surface area contributed by atoms with Crippen LogP contribution >= 0.6 is 11.3 Å². The predicted molar refractivity (Wildman–Crippen MR) is 70.8 cm³/mol. The third-order valence-corrected chi connectivity index (χ3v) is 4.26. The number of amides is 1. The molecule has 0 aromatic carbocycles. The second-order valence-corrected chi connectivity index (χ2v) is 5.20. The summed E-state index contributed by atoms with van der Waals surface area (Å²) in [6, 6.07) is 0. The highest BCUT2D eigenvalue weighted by atomic mass is 32.1. The van der Waals surface area contributed by atoms with Gasteiger partial charge in [0.2, 0.25) is 5.91 Å². The maximum atomic E-state index is 12.1. The minimum Gasteiger partial charge on any atom is -0.349 e. The Hall–Kier alpha value is -0.940. The molecule has 3 N–H and O–H groups in total. The first-order chi connectivity index (χ1) is 8.07. The Kier molecular flexibility index (Phi) is 5.08. The number of aromatic nitrogens is 1. The lowest BCUT2D eigenvalue weighted by atomic mass is 9.81. The Balaban J connectivity index is 2.59. The maximum absolute atomic E-state index is 12.1. The Morgan fingerprint density at radius 2 is 2.18 bits per heavy atom. The molecule has 0 bridgehead atoms. The Labute approximate surface area is 107 Å². The highest BCUT2D eigenvalue weighted by molar-refractivity contribution is 7.09. The highest BCUT2D eigenvalue weighted by Crippen LogP contribution is 2.25. The first kappa shape index (κ1) is 14.1. The lowest BCUT2D eigenvalue weighted by molar-refractivity contribution is -0.131. The zero-order valence-corrected chi connectivity index (χ0v) is 11.6. The van der Waals surface area contributed by atoms with Gasteiger partial charge < -0.3 is 11.1 Å². The second-order valence-electron chi connectivity index (χ2n) is 4.26. The number of carbonyl (C=O) groups excluding carboxylic acids is 1. The molecule has 5 heteroatoms. The second kappa shape index (κ2) is 6.12. The molecule has 0 unspecified atom stereocenters. The van der Waals surface area contributed by atoms with Gasteiger partial charge in [0.1, 0.15) is 5.01 Å². The van der Waals surface area contributed by atoms with E-state index < -0.39 is 5.41 Å². The fraction of sp³-hybridized carbons (Fsp3) is 0.667. The Morgan fingerprint density at radius 3 is 2.59 bits per heavy atom. The van der Waals surface area contributed by atoms with Crippen molar-refractivity contribution in [3.05, 3.63) is 16.1 Å². The van der Waals surface area contributed by atoms with Gasteiger partial charge in [0.05, 0.1) is 12.0 Å². The molecule has 4 nitrogen and oxygen atoms in total. The quantitative estimate of drug-likeness (QED) is 0.815. The molecule has 1 rings (SSSR count). The average molecular weight is 255 g/mol. The molecule has 0 aliphatic carbocycles. The van der Waals surface area contributed by atoms with Crippen LogP contribution in [0.3, 0.4) is 0 Å². The van der Waals surface area contributed by atoms with Gasteiger partial charge in [-0.15, -0.1) is 11.3 Å². The van der Waals surface area contributed by atoms with Gasteiger partial charge in [-0.2, -0.15) is 0 Å². The lowest BCUT2D eigenvalue weighted by Gasteiger charge is -2.28. The van der Waals surface area contributed by atoms with Crippen molar-refractivity contribution < 1.29 is 4.79 Å². The van der Waals surface area contributed by atoms with Crippen LogP contribution in [-0.4, -0.2) is 17.4 Å². The smallest absolute Gasteiger partial charge is 0.227 e. The van der Waals surface area contributed by atoms with Crippen LogP contribution in [0.15, 0.2) is 5.38 Å². The number of nitrogens with zero attached hydrogens (tertiary/aromatic N) is 1. The van der Waals surface area contributed by atoms with Crippen LogP contribution < -0.4 is 11.1 Å². The first-order valence-electron chi connectivity index (χ1n) is 5.97. The summed E-state index contributed by atoms with van der Waals surface area (Å²) in [7, 11) is 0. The standard InChI is InChI=1S/C12H21N3OS/c1-4-12(5-2,8-13)11(16)14-6-10-15-9(3)7-17-10/h7H,4-6,8,13H2,1-3H3,(H,14,16). The Bertz CT molecular complexity index is 363. The number of hydrogen-bond donors (Lipinski definition) is 2. The van der Waals surface area contributed by atoms with E-state index >= 15 is 0 Å². The number of aryl methyl sites for hydroxylation is 1. The monoisotopic (exact) mass is 255 g/mol. The SMILES string of the molecule is CCC(CC)(CN)C(=O)NCc1nc(C)cs1. The summed E-state index contributed by atoms with van der Waals surface area (Å²) < 4.78 is 0. The average Bonchev–Trinajstić information content (AvgIpc) is 2.75. The molecule has 17 heavy (non-hydrogen) atoms. The molecule has 0 saturated carbocycles. The van der Waals surface area contributed by atoms with Crippen LogP contribution in [0.4, 0.5) is 0 Å². The summed E-state index contributed by atoms with van der Waals surface area (Å²) in [5, 5.41) is 5.86. The molecule has 0 aliphatic heterocycles. The van der Waals surface area contributed by atoms with Crippen LogP contribution in [0.2, 0.25) is 0 Å². The molecule has 1 amide bonds. The number of nitrogens with two attached hydrogens (primary N) is 1. The summed E-state index contributed by atoms with van der Waals surface area (Å²) in [5.41, 5.74) is 6.30. The van der Waals surface area contributed by atoms with Crippen molar-refractivity contribution in [2.75, 3.05) is 6.54 Å².